The van der Waals surface area contributed by atoms with Crippen LogP contribution < -0.4 is 5.32 Å². The molecule has 0 saturated carbocycles. The number of alkyl halides is 3. The van der Waals surface area contributed by atoms with Crippen molar-refractivity contribution in [1.82, 2.24) is 24.4 Å². The van der Waals surface area contributed by atoms with Crippen molar-refractivity contribution in [3.63, 3.8) is 0 Å². The van der Waals surface area contributed by atoms with Gasteiger partial charge in [0.05, 0.1) is 5.69 Å². The van der Waals surface area contributed by atoms with Crippen LogP contribution in [0.2, 0.25) is 0 Å². The highest BCUT2D eigenvalue weighted by atomic mass is 32.2. The van der Waals surface area contributed by atoms with E-state index in [2.05, 4.69) is 20.5 Å². The Balaban J connectivity index is 1.91. The van der Waals surface area contributed by atoms with Crippen molar-refractivity contribution >= 4 is 27.3 Å². The number of sulfone groups is 1. The van der Waals surface area contributed by atoms with Gasteiger partial charge in [0.15, 0.2) is 21.2 Å². The molecule has 3 heterocycles. The van der Waals surface area contributed by atoms with E-state index in [4.69, 9.17) is 0 Å². The number of carbonyl (C=O) groups is 1. The van der Waals surface area contributed by atoms with Crippen LogP contribution in [0.4, 0.5) is 19.1 Å². The van der Waals surface area contributed by atoms with Gasteiger partial charge in [0.2, 0.25) is 11.9 Å². The number of hydrogen-bond acceptors (Lipinski definition) is 6. The Morgan fingerprint density at radius 3 is 2.56 bits per heavy atom. The van der Waals surface area contributed by atoms with Gasteiger partial charge in [-0.05, 0) is 18.2 Å². The number of halogens is 3. The summed E-state index contributed by atoms with van der Waals surface area (Å²) in [4.78, 5) is 15.6. The van der Waals surface area contributed by atoms with Gasteiger partial charge >= 0.3 is 6.18 Å². The number of pyridine rings is 1. The van der Waals surface area contributed by atoms with Gasteiger partial charge in [-0.2, -0.15) is 23.3 Å². The van der Waals surface area contributed by atoms with E-state index in [-0.39, 0.29) is 11.6 Å². The molecule has 0 aliphatic rings. The average molecular weight is 402 g/mol. The largest absolute Gasteiger partial charge is 0.435 e. The lowest BCUT2D eigenvalue weighted by Crippen LogP contribution is -2.22. The highest BCUT2D eigenvalue weighted by molar-refractivity contribution is 7.91. The monoisotopic (exact) mass is 402 g/mol. The molecule has 27 heavy (non-hydrogen) atoms. The summed E-state index contributed by atoms with van der Waals surface area (Å²) < 4.78 is 63.0. The fraction of sp³-hybridized carbons (Fsp3) is 0.286. The minimum atomic E-state index is -4.57. The fourth-order valence-corrected chi connectivity index (χ4v) is 2.91. The van der Waals surface area contributed by atoms with E-state index >= 15 is 0 Å². The van der Waals surface area contributed by atoms with Gasteiger partial charge in [-0.3, -0.25) is 14.8 Å². The summed E-state index contributed by atoms with van der Waals surface area (Å²) in [7, 11) is -2.12. The van der Waals surface area contributed by atoms with E-state index in [9.17, 15) is 26.4 Å². The van der Waals surface area contributed by atoms with Crippen molar-refractivity contribution in [2.24, 2.45) is 7.05 Å². The average Bonchev–Trinajstić information content (AvgIpc) is 3.06. The second-order valence-corrected chi connectivity index (χ2v) is 7.95. The number of aromatic nitrogens is 5. The lowest BCUT2D eigenvalue weighted by atomic mass is 10.2. The minimum Gasteiger partial charge on any atom is -0.292 e. The molecule has 3 aromatic heterocycles. The van der Waals surface area contributed by atoms with Gasteiger partial charge in [0.1, 0.15) is 5.75 Å². The van der Waals surface area contributed by atoms with Gasteiger partial charge in [0.25, 0.3) is 0 Å². The molecule has 0 radical (unpaired) electrons. The lowest BCUT2D eigenvalue weighted by Gasteiger charge is -2.01. The number of anilines is 1. The number of nitrogens with one attached hydrogen (secondary N) is 1. The molecule has 0 atom stereocenters. The number of aryl methyl sites for hydroxylation is 1. The first-order valence-corrected chi connectivity index (χ1v) is 9.44. The van der Waals surface area contributed by atoms with Crippen LogP contribution in [0.3, 0.4) is 0 Å². The summed E-state index contributed by atoms with van der Waals surface area (Å²) in [5.41, 5.74) is -0.103. The van der Waals surface area contributed by atoms with Crippen molar-refractivity contribution in [3.05, 3.63) is 30.1 Å². The van der Waals surface area contributed by atoms with E-state index in [1.54, 1.807) is 0 Å². The summed E-state index contributed by atoms with van der Waals surface area (Å²) in [5, 5.41) is 9.69. The Morgan fingerprint density at radius 1 is 1.26 bits per heavy atom. The third-order valence-corrected chi connectivity index (χ3v) is 4.23. The van der Waals surface area contributed by atoms with Crippen LogP contribution in [0.25, 0.3) is 16.9 Å². The first kappa shape index (κ1) is 18.8. The van der Waals surface area contributed by atoms with Gasteiger partial charge < -0.3 is 0 Å². The van der Waals surface area contributed by atoms with Crippen molar-refractivity contribution in [2.75, 3.05) is 17.3 Å². The summed E-state index contributed by atoms with van der Waals surface area (Å²) >= 11 is 0. The second kappa shape index (κ2) is 6.33. The van der Waals surface area contributed by atoms with Crippen molar-refractivity contribution in [1.29, 1.82) is 0 Å². The molecule has 9 nitrogen and oxygen atoms in total. The highest BCUT2D eigenvalue weighted by Gasteiger charge is 2.34. The molecular formula is C14H13F3N6O3S. The van der Waals surface area contributed by atoms with Crippen LogP contribution in [-0.2, 0) is 27.9 Å². The molecule has 0 aliphatic heterocycles. The predicted octanol–water partition coefficient (Wildman–Crippen LogP) is 1.13. The second-order valence-electron chi connectivity index (χ2n) is 5.81. The van der Waals surface area contributed by atoms with Crippen LogP contribution in [0.5, 0.6) is 0 Å². The molecule has 3 aromatic rings. The summed E-state index contributed by atoms with van der Waals surface area (Å²) in [6.07, 6.45) is -2.23. The number of carbonyl (C=O) groups excluding carboxylic acids is 1. The first-order chi connectivity index (χ1) is 12.4. The SMILES string of the molecule is Cn1nc(C(F)(F)F)cc1-c1ccc2nc(NC(=O)CS(C)(=O)=O)nn2c1. The van der Waals surface area contributed by atoms with Crippen LogP contribution in [-0.4, -0.2) is 50.7 Å². The standard InChI is InChI=1S/C14H13F3N6O3S/c1-22-9(5-10(20-22)14(15,16)17)8-3-4-11-18-13(21-23(11)6-8)19-12(24)7-27(2,25)26/h3-6H,7H2,1-2H3,(H,19,21,24). The topological polar surface area (TPSA) is 111 Å². The number of hydrogen-bond donors (Lipinski definition) is 1. The molecule has 13 heteroatoms. The van der Waals surface area contributed by atoms with Crippen LogP contribution in [0, 0.1) is 0 Å². The normalized spacial score (nSPS) is 12.5. The van der Waals surface area contributed by atoms with E-state index in [0.717, 1.165) is 17.0 Å². The number of rotatable bonds is 4. The zero-order valence-electron chi connectivity index (χ0n) is 14.0. The third kappa shape index (κ3) is 4.24. The van der Waals surface area contributed by atoms with Crippen molar-refractivity contribution < 1.29 is 26.4 Å². The number of amides is 1. The van der Waals surface area contributed by atoms with Gasteiger partial charge in [0, 0.05) is 25.1 Å². The van der Waals surface area contributed by atoms with Gasteiger partial charge in [-0.25, -0.2) is 12.9 Å². The van der Waals surface area contributed by atoms with Crippen LogP contribution >= 0.6 is 0 Å². The van der Waals surface area contributed by atoms with E-state index in [1.165, 1.54) is 29.9 Å². The molecule has 0 aromatic carbocycles. The molecule has 0 fully saturated rings. The van der Waals surface area contributed by atoms with Crippen molar-refractivity contribution in [2.45, 2.75) is 6.18 Å². The summed E-state index contributed by atoms with van der Waals surface area (Å²) in [5.74, 6) is -1.64. The summed E-state index contributed by atoms with van der Waals surface area (Å²) in [6.45, 7) is 0. The zero-order chi connectivity index (χ0) is 20.0. The molecule has 144 valence electrons. The zero-order valence-corrected chi connectivity index (χ0v) is 14.8. The highest BCUT2D eigenvalue weighted by Crippen LogP contribution is 2.31. The van der Waals surface area contributed by atoms with Crippen LogP contribution in [0.1, 0.15) is 5.69 Å². The molecule has 0 unspecified atom stereocenters. The molecule has 0 aliphatic carbocycles. The van der Waals surface area contributed by atoms with E-state index in [0.29, 0.717) is 11.2 Å². The first-order valence-electron chi connectivity index (χ1n) is 7.38. The maximum Gasteiger partial charge on any atom is 0.435 e. The van der Waals surface area contributed by atoms with Gasteiger partial charge in [-0.1, -0.05) is 0 Å². The Hall–Kier alpha value is -2.96. The smallest absolute Gasteiger partial charge is 0.292 e. The van der Waals surface area contributed by atoms with E-state index < -0.39 is 33.4 Å². The molecule has 0 spiro atoms. The minimum absolute atomic E-state index is 0.123. The Kier molecular flexibility index (Phi) is 4.41. The number of fused-ring (bicyclic) bond motifs is 1. The number of nitrogens with zero attached hydrogens (tertiary/aromatic N) is 5. The molecule has 3 rings (SSSR count). The molecule has 0 saturated heterocycles. The van der Waals surface area contributed by atoms with Crippen molar-refractivity contribution in [3.8, 4) is 11.3 Å². The summed E-state index contributed by atoms with van der Waals surface area (Å²) in [6, 6.07) is 3.94. The molecule has 1 amide bonds. The Bertz CT molecular complexity index is 1130. The maximum absolute atomic E-state index is 12.8. The Labute approximate surface area is 150 Å². The van der Waals surface area contributed by atoms with E-state index in [1.807, 2.05) is 0 Å². The lowest BCUT2D eigenvalue weighted by molar-refractivity contribution is -0.141. The Morgan fingerprint density at radius 2 is 1.96 bits per heavy atom. The maximum atomic E-state index is 12.8. The fourth-order valence-electron chi connectivity index (χ4n) is 2.36. The molecule has 1 N–H and O–H groups in total. The third-order valence-electron chi connectivity index (χ3n) is 3.44. The van der Waals surface area contributed by atoms with Gasteiger partial charge in [-0.15, -0.1) is 5.10 Å². The molecular weight excluding hydrogens is 389 g/mol. The van der Waals surface area contributed by atoms with Crippen LogP contribution in [0.15, 0.2) is 24.4 Å². The predicted molar refractivity (Wildman–Crippen MR) is 88.5 cm³/mol. The quantitative estimate of drug-likeness (QED) is 0.700. The molecule has 0 bridgehead atoms.